The summed E-state index contributed by atoms with van der Waals surface area (Å²) in [5.74, 6) is 1.51. The van der Waals surface area contributed by atoms with E-state index in [0.717, 1.165) is 0 Å². The van der Waals surface area contributed by atoms with Crippen LogP contribution in [0.25, 0.3) is 0 Å². The Balaban J connectivity index is 1.97. The monoisotopic (exact) mass is 275 g/mol. The van der Waals surface area contributed by atoms with Crippen molar-refractivity contribution in [2.45, 2.75) is 27.4 Å². The van der Waals surface area contributed by atoms with E-state index < -0.39 is 0 Å². The van der Waals surface area contributed by atoms with Crippen LogP contribution in [-0.2, 0) is 11.4 Å². The van der Waals surface area contributed by atoms with E-state index in [0.29, 0.717) is 23.2 Å². The van der Waals surface area contributed by atoms with Gasteiger partial charge in [-0.2, -0.15) is 4.98 Å². The number of carbonyl (C=O) groups is 1. The zero-order chi connectivity index (χ0) is 14.5. The summed E-state index contributed by atoms with van der Waals surface area (Å²) in [6.45, 7) is 5.62. The highest BCUT2D eigenvalue weighted by atomic mass is 16.5. The average molecular weight is 275 g/mol. The lowest BCUT2D eigenvalue weighted by atomic mass is 10.2. The Kier molecular flexibility index (Phi) is 4.34. The molecule has 0 aliphatic rings. The number of nitrogens with one attached hydrogen (secondary N) is 1. The number of hydrogen-bond acceptors (Lipinski definition) is 5. The molecule has 0 spiro atoms. The molecule has 0 aliphatic carbocycles. The summed E-state index contributed by atoms with van der Waals surface area (Å²) < 4.78 is 10.5. The number of ether oxygens (including phenoxy) is 1. The van der Waals surface area contributed by atoms with Gasteiger partial charge in [0.15, 0.2) is 12.4 Å². The predicted octanol–water partition coefficient (Wildman–Crippen LogP) is 2.55. The summed E-state index contributed by atoms with van der Waals surface area (Å²) in [6.07, 6.45) is 0. The normalized spacial score (nSPS) is 10.6. The van der Waals surface area contributed by atoms with Gasteiger partial charge in [0, 0.05) is 17.7 Å². The van der Waals surface area contributed by atoms with Crippen LogP contribution in [0, 0.1) is 12.8 Å². The van der Waals surface area contributed by atoms with E-state index in [-0.39, 0.29) is 18.4 Å². The highest BCUT2D eigenvalue weighted by Gasteiger charge is 2.08. The number of rotatable bonds is 5. The number of aryl methyl sites for hydroxylation is 1. The minimum Gasteiger partial charge on any atom is -0.484 e. The van der Waals surface area contributed by atoms with Gasteiger partial charge < -0.3 is 14.6 Å². The van der Waals surface area contributed by atoms with Gasteiger partial charge in [-0.3, -0.25) is 4.79 Å². The van der Waals surface area contributed by atoms with Crippen LogP contribution in [0.3, 0.4) is 0 Å². The lowest BCUT2D eigenvalue weighted by Gasteiger charge is -2.09. The van der Waals surface area contributed by atoms with Crippen molar-refractivity contribution < 1.29 is 14.1 Å². The molecule has 2 rings (SSSR count). The number of aromatic nitrogens is 2. The van der Waals surface area contributed by atoms with Crippen molar-refractivity contribution in [3.8, 4) is 5.75 Å². The zero-order valence-corrected chi connectivity index (χ0v) is 11.7. The first-order chi connectivity index (χ1) is 9.54. The quantitative estimate of drug-likeness (QED) is 0.907. The minimum absolute atomic E-state index is 0.0327. The molecule has 106 valence electrons. The Morgan fingerprint density at radius 3 is 2.90 bits per heavy atom. The van der Waals surface area contributed by atoms with E-state index in [4.69, 9.17) is 9.26 Å². The third-order valence-corrected chi connectivity index (χ3v) is 2.56. The molecule has 1 heterocycles. The summed E-state index contributed by atoms with van der Waals surface area (Å²) in [5, 5.41) is 6.50. The maximum absolute atomic E-state index is 11.6. The van der Waals surface area contributed by atoms with Crippen LogP contribution in [0.4, 0.5) is 5.69 Å². The molecule has 1 aromatic carbocycles. The summed E-state index contributed by atoms with van der Waals surface area (Å²) in [4.78, 5) is 15.7. The molecule has 6 nitrogen and oxygen atoms in total. The van der Waals surface area contributed by atoms with Gasteiger partial charge in [0.05, 0.1) is 0 Å². The van der Waals surface area contributed by atoms with Gasteiger partial charge in [0.2, 0.25) is 5.91 Å². The fourth-order valence-corrected chi connectivity index (χ4v) is 1.49. The molecule has 1 aromatic heterocycles. The van der Waals surface area contributed by atoms with Crippen LogP contribution < -0.4 is 10.1 Å². The zero-order valence-electron chi connectivity index (χ0n) is 11.7. The van der Waals surface area contributed by atoms with E-state index >= 15 is 0 Å². The first-order valence-electron chi connectivity index (χ1n) is 6.37. The maximum atomic E-state index is 11.6. The first kappa shape index (κ1) is 14.0. The van der Waals surface area contributed by atoms with E-state index in [1.807, 2.05) is 26.0 Å². The SMILES string of the molecule is Cc1noc(COc2cccc(NC(=O)C(C)C)c2)n1. The molecule has 0 radical (unpaired) electrons. The molecule has 0 aliphatic heterocycles. The lowest BCUT2D eigenvalue weighted by molar-refractivity contribution is -0.118. The molecule has 2 aromatic rings. The topological polar surface area (TPSA) is 77.3 Å². The van der Waals surface area contributed by atoms with Crippen molar-refractivity contribution in [2.24, 2.45) is 5.92 Å². The Morgan fingerprint density at radius 1 is 1.45 bits per heavy atom. The van der Waals surface area contributed by atoms with Crippen LogP contribution in [0.1, 0.15) is 25.6 Å². The highest BCUT2D eigenvalue weighted by molar-refractivity contribution is 5.92. The predicted molar refractivity (Wildman–Crippen MR) is 73.3 cm³/mol. The number of carbonyl (C=O) groups excluding carboxylic acids is 1. The van der Waals surface area contributed by atoms with Crippen molar-refractivity contribution in [1.29, 1.82) is 0 Å². The highest BCUT2D eigenvalue weighted by Crippen LogP contribution is 2.19. The second-order valence-corrected chi connectivity index (χ2v) is 4.70. The summed E-state index contributed by atoms with van der Waals surface area (Å²) in [6, 6.07) is 7.17. The van der Waals surface area contributed by atoms with E-state index in [1.54, 1.807) is 19.1 Å². The standard InChI is InChI=1S/C14H17N3O3/c1-9(2)14(18)16-11-5-4-6-12(7-11)19-8-13-15-10(3)17-20-13/h4-7,9H,8H2,1-3H3,(H,16,18). The Labute approximate surface area is 117 Å². The fraction of sp³-hybridized carbons (Fsp3) is 0.357. The number of anilines is 1. The van der Waals surface area contributed by atoms with Gasteiger partial charge in [-0.25, -0.2) is 0 Å². The third kappa shape index (κ3) is 3.81. The fourth-order valence-electron chi connectivity index (χ4n) is 1.49. The van der Waals surface area contributed by atoms with Crippen molar-refractivity contribution >= 4 is 11.6 Å². The number of benzene rings is 1. The van der Waals surface area contributed by atoms with Crippen molar-refractivity contribution in [2.75, 3.05) is 5.32 Å². The van der Waals surface area contributed by atoms with Crippen LogP contribution >= 0.6 is 0 Å². The molecule has 0 atom stereocenters. The van der Waals surface area contributed by atoms with Gasteiger partial charge >= 0.3 is 0 Å². The Hall–Kier alpha value is -2.37. The molecular formula is C14H17N3O3. The summed E-state index contributed by atoms with van der Waals surface area (Å²) in [5.41, 5.74) is 0.697. The van der Waals surface area contributed by atoms with Gasteiger partial charge in [0.25, 0.3) is 5.89 Å². The summed E-state index contributed by atoms with van der Waals surface area (Å²) >= 11 is 0. The Bertz CT molecular complexity index is 593. The Morgan fingerprint density at radius 2 is 2.25 bits per heavy atom. The lowest BCUT2D eigenvalue weighted by Crippen LogP contribution is -2.17. The molecule has 0 bridgehead atoms. The second kappa shape index (κ2) is 6.18. The minimum atomic E-state index is -0.0686. The molecule has 0 unspecified atom stereocenters. The molecule has 0 fully saturated rings. The molecule has 1 N–H and O–H groups in total. The first-order valence-corrected chi connectivity index (χ1v) is 6.37. The van der Waals surface area contributed by atoms with Gasteiger partial charge in [-0.1, -0.05) is 25.1 Å². The van der Waals surface area contributed by atoms with Gasteiger partial charge in [-0.15, -0.1) is 0 Å². The van der Waals surface area contributed by atoms with Crippen LogP contribution in [-0.4, -0.2) is 16.0 Å². The molecule has 1 amide bonds. The van der Waals surface area contributed by atoms with Crippen LogP contribution in [0.5, 0.6) is 5.75 Å². The van der Waals surface area contributed by atoms with E-state index in [2.05, 4.69) is 15.5 Å². The van der Waals surface area contributed by atoms with E-state index in [9.17, 15) is 4.79 Å². The van der Waals surface area contributed by atoms with Crippen molar-refractivity contribution in [3.63, 3.8) is 0 Å². The molecular weight excluding hydrogens is 258 g/mol. The van der Waals surface area contributed by atoms with Crippen LogP contribution in [0.15, 0.2) is 28.8 Å². The maximum Gasteiger partial charge on any atom is 0.264 e. The molecule has 0 saturated carbocycles. The average Bonchev–Trinajstić information content (AvgIpc) is 2.82. The molecule has 0 saturated heterocycles. The van der Waals surface area contributed by atoms with Crippen molar-refractivity contribution in [1.82, 2.24) is 10.1 Å². The largest absolute Gasteiger partial charge is 0.484 e. The number of amides is 1. The van der Waals surface area contributed by atoms with Gasteiger partial charge in [0.1, 0.15) is 5.75 Å². The van der Waals surface area contributed by atoms with Crippen LogP contribution in [0.2, 0.25) is 0 Å². The molecule has 20 heavy (non-hydrogen) atoms. The number of nitrogens with zero attached hydrogens (tertiary/aromatic N) is 2. The smallest absolute Gasteiger partial charge is 0.264 e. The summed E-state index contributed by atoms with van der Waals surface area (Å²) in [7, 11) is 0. The van der Waals surface area contributed by atoms with Gasteiger partial charge in [-0.05, 0) is 19.1 Å². The van der Waals surface area contributed by atoms with E-state index in [1.165, 1.54) is 0 Å². The van der Waals surface area contributed by atoms with Crippen molar-refractivity contribution in [3.05, 3.63) is 36.0 Å². The third-order valence-electron chi connectivity index (χ3n) is 2.56. The second-order valence-electron chi connectivity index (χ2n) is 4.70. The molecule has 6 heteroatoms. The number of hydrogen-bond donors (Lipinski definition) is 1.